The van der Waals surface area contributed by atoms with Gasteiger partial charge in [0.05, 0.1) is 12.1 Å². The topological polar surface area (TPSA) is 49.8 Å². The lowest BCUT2D eigenvalue weighted by Crippen LogP contribution is -2.60. The van der Waals surface area contributed by atoms with E-state index in [0.717, 1.165) is 43.2 Å². The van der Waals surface area contributed by atoms with E-state index in [9.17, 15) is 23.1 Å². The van der Waals surface area contributed by atoms with Crippen molar-refractivity contribution in [1.82, 2.24) is 4.90 Å². The van der Waals surface area contributed by atoms with Crippen LogP contribution >= 0.6 is 0 Å². The molecule has 0 spiro atoms. The predicted molar refractivity (Wildman–Crippen MR) is 123 cm³/mol. The summed E-state index contributed by atoms with van der Waals surface area (Å²) >= 11 is 0. The van der Waals surface area contributed by atoms with E-state index in [1.807, 2.05) is 18.0 Å². The molecule has 184 valence electrons. The highest BCUT2D eigenvalue weighted by atomic mass is 19.4. The molecule has 5 rings (SSSR count). The lowest BCUT2D eigenvalue weighted by atomic mass is 9.47. The monoisotopic (exact) mass is 475 g/mol. The van der Waals surface area contributed by atoms with E-state index in [1.165, 1.54) is 12.1 Å². The second-order valence-electron chi connectivity index (χ2n) is 11.1. The van der Waals surface area contributed by atoms with Gasteiger partial charge < -0.3 is 14.7 Å². The Kier molecular flexibility index (Phi) is 5.43. The molecule has 3 aliphatic carbocycles. The van der Waals surface area contributed by atoms with E-state index in [1.54, 1.807) is 18.2 Å². The van der Waals surface area contributed by atoms with Crippen molar-refractivity contribution < 1.29 is 27.8 Å². The molecule has 4 aliphatic rings. The van der Waals surface area contributed by atoms with Gasteiger partial charge in [-0.2, -0.15) is 0 Å². The van der Waals surface area contributed by atoms with Gasteiger partial charge in [0, 0.05) is 12.5 Å². The smallest absolute Gasteiger partial charge is 0.406 e. The van der Waals surface area contributed by atoms with E-state index >= 15 is 0 Å². The number of rotatable bonds is 2. The molecular formula is C27H32F3NO3. The molecule has 0 aromatic heterocycles. The van der Waals surface area contributed by atoms with Crippen molar-refractivity contribution in [1.29, 1.82) is 0 Å². The highest BCUT2D eigenvalue weighted by molar-refractivity contribution is 5.89. The SMILES string of the molecule is CN1C(=O)C=C[C@]2(C)[C@H]3CC[C@]4(C)[C@@H](O)CC[C@H]4[C@@H]3C/C(=C/c3ccc(OC(F)(F)F)cc3)[C@@H]12. The molecule has 3 saturated carbocycles. The normalized spacial score (nSPS) is 40.7. The summed E-state index contributed by atoms with van der Waals surface area (Å²) < 4.78 is 41.7. The number of benzene rings is 1. The largest absolute Gasteiger partial charge is 0.573 e. The number of ether oxygens (including phenoxy) is 1. The minimum absolute atomic E-state index is 0.0299. The maximum Gasteiger partial charge on any atom is 0.573 e. The summed E-state index contributed by atoms with van der Waals surface area (Å²) in [6.45, 7) is 4.48. The van der Waals surface area contributed by atoms with Crippen LogP contribution in [0.15, 0.2) is 42.0 Å². The highest BCUT2D eigenvalue weighted by Gasteiger charge is 2.61. The van der Waals surface area contributed by atoms with Crippen molar-refractivity contribution in [2.45, 2.75) is 64.5 Å². The molecule has 0 bridgehead atoms. The van der Waals surface area contributed by atoms with Crippen molar-refractivity contribution in [2.75, 3.05) is 7.05 Å². The number of hydrogen-bond acceptors (Lipinski definition) is 3. The molecule has 1 aromatic rings. The quantitative estimate of drug-likeness (QED) is 0.608. The zero-order chi connectivity index (χ0) is 24.5. The van der Waals surface area contributed by atoms with Crippen LogP contribution in [-0.4, -0.2) is 41.5 Å². The van der Waals surface area contributed by atoms with Crippen LogP contribution in [0.2, 0.25) is 0 Å². The number of fused-ring (bicyclic) bond motifs is 5. The van der Waals surface area contributed by atoms with Crippen LogP contribution < -0.4 is 4.74 Å². The van der Waals surface area contributed by atoms with E-state index < -0.39 is 6.36 Å². The molecule has 1 amide bonds. The van der Waals surface area contributed by atoms with Crippen molar-refractivity contribution in [3.8, 4) is 5.75 Å². The van der Waals surface area contributed by atoms with Crippen LogP contribution in [0.1, 0.15) is 51.5 Å². The number of aliphatic hydroxyl groups is 1. The fourth-order valence-electron chi connectivity index (χ4n) is 7.80. The number of likely N-dealkylation sites (N-methyl/N-ethyl adjacent to an activating group) is 1. The minimum Gasteiger partial charge on any atom is -0.406 e. The first-order valence-electron chi connectivity index (χ1n) is 12.1. The van der Waals surface area contributed by atoms with Gasteiger partial charge in [-0.25, -0.2) is 0 Å². The van der Waals surface area contributed by atoms with Crippen molar-refractivity contribution in [3.05, 3.63) is 47.6 Å². The number of carbonyl (C=O) groups excluding carboxylic acids is 1. The van der Waals surface area contributed by atoms with Crippen LogP contribution in [0.5, 0.6) is 5.75 Å². The van der Waals surface area contributed by atoms with Gasteiger partial charge >= 0.3 is 6.36 Å². The van der Waals surface area contributed by atoms with Crippen molar-refractivity contribution in [2.24, 2.45) is 28.6 Å². The third-order valence-corrected chi connectivity index (χ3v) is 9.38. The van der Waals surface area contributed by atoms with Crippen molar-refractivity contribution in [3.63, 3.8) is 0 Å². The van der Waals surface area contributed by atoms with E-state index in [-0.39, 0.29) is 34.6 Å². The van der Waals surface area contributed by atoms with Gasteiger partial charge in [0.2, 0.25) is 5.91 Å². The van der Waals surface area contributed by atoms with Gasteiger partial charge in [0.15, 0.2) is 0 Å². The predicted octanol–water partition coefficient (Wildman–Crippen LogP) is 5.58. The summed E-state index contributed by atoms with van der Waals surface area (Å²) in [6, 6.07) is 5.80. The molecule has 7 heteroatoms. The summed E-state index contributed by atoms with van der Waals surface area (Å²) in [5, 5.41) is 10.8. The summed E-state index contributed by atoms with van der Waals surface area (Å²) in [5.74, 6) is 0.938. The number of carbonyl (C=O) groups is 1. The molecule has 7 atom stereocenters. The van der Waals surface area contributed by atoms with Crippen LogP contribution in [0.4, 0.5) is 13.2 Å². The van der Waals surface area contributed by atoms with Gasteiger partial charge in [0.1, 0.15) is 5.75 Å². The maximum absolute atomic E-state index is 12.7. The van der Waals surface area contributed by atoms with Gasteiger partial charge in [-0.15, -0.1) is 13.2 Å². The first-order chi connectivity index (χ1) is 15.9. The van der Waals surface area contributed by atoms with Crippen LogP contribution in [0, 0.1) is 28.6 Å². The Bertz CT molecular complexity index is 1030. The van der Waals surface area contributed by atoms with Gasteiger partial charge in [0.25, 0.3) is 0 Å². The molecular weight excluding hydrogens is 443 g/mol. The Morgan fingerprint density at radius 1 is 1.12 bits per heavy atom. The van der Waals surface area contributed by atoms with Gasteiger partial charge in [-0.3, -0.25) is 4.79 Å². The number of alkyl halides is 3. The molecule has 1 N–H and O–H groups in total. The Balaban J connectivity index is 1.54. The third-order valence-electron chi connectivity index (χ3n) is 9.38. The second-order valence-corrected chi connectivity index (χ2v) is 11.1. The number of nitrogens with zero attached hydrogens (tertiary/aromatic N) is 1. The third kappa shape index (κ3) is 3.67. The van der Waals surface area contributed by atoms with E-state index in [0.29, 0.717) is 17.8 Å². The van der Waals surface area contributed by atoms with Crippen molar-refractivity contribution >= 4 is 12.0 Å². The first kappa shape index (κ1) is 23.5. The zero-order valence-electron chi connectivity index (χ0n) is 19.8. The van der Waals surface area contributed by atoms with Gasteiger partial charge in [-0.1, -0.05) is 38.1 Å². The molecule has 4 nitrogen and oxygen atoms in total. The number of hydrogen-bond donors (Lipinski definition) is 1. The Morgan fingerprint density at radius 3 is 2.50 bits per heavy atom. The molecule has 0 unspecified atom stereocenters. The number of halogens is 3. The average Bonchev–Trinajstić information content (AvgIpc) is 3.06. The molecule has 1 aliphatic heterocycles. The number of amides is 1. The molecule has 3 fully saturated rings. The highest BCUT2D eigenvalue weighted by Crippen LogP contribution is 2.64. The Labute approximate surface area is 198 Å². The molecule has 1 aromatic carbocycles. The summed E-state index contributed by atoms with van der Waals surface area (Å²) in [7, 11) is 1.84. The van der Waals surface area contributed by atoms with Gasteiger partial charge in [-0.05, 0) is 84.6 Å². The van der Waals surface area contributed by atoms with Crippen LogP contribution in [-0.2, 0) is 4.79 Å². The fraction of sp³-hybridized carbons (Fsp3) is 0.593. The molecule has 34 heavy (non-hydrogen) atoms. The average molecular weight is 476 g/mol. The lowest BCUT2D eigenvalue weighted by molar-refractivity contribution is -0.274. The van der Waals surface area contributed by atoms with E-state index in [4.69, 9.17) is 0 Å². The standard InChI is InChI=1S/C27H32F3NO3/c1-25-12-10-21-19(20(25)8-9-22(25)32)15-17(24-26(21,2)13-11-23(33)31(24)3)14-16-4-6-18(7-5-16)34-27(28,29)30/h4-7,11,13-14,19-22,24,32H,8-10,12,15H2,1-3H3/b17-14-/t19-,20-,21-,22-,24+,25-,26+/m0/s1. The zero-order valence-corrected chi connectivity index (χ0v) is 19.8. The molecule has 0 saturated heterocycles. The molecule has 1 heterocycles. The fourth-order valence-corrected chi connectivity index (χ4v) is 7.80. The maximum atomic E-state index is 12.7. The minimum atomic E-state index is -4.73. The van der Waals surface area contributed by atoms with Crippen LogP contribution in [0.25, 0.3) is 6.08 Å². The van der Waals surface area contributed by atoms with E-state index in [2.05, 4.69) is 24.7 Å². The van der Waals surface area contributed by atoms with Crippen LogP contribution in [0.3, 0.4) is 0 Å². The summed E-state index contributed by atoms with van der Waals surface area (Å²) in [4.78, 5) is 14.5. The lowest BCUT2D eigenvalue weighted by Gasteiger charge is -2.60. The Hall–Kier alpha value is -2.28. The Morgan fingerprint density at radius 2 is 1.82 bits per heavy atom. The second kappa shape index (κ2) is 7.87. The molecule has 0 radical (unpaired) electrons. The number of aliphatic hydroxyl groups excluding tert-OH is 1. The summed E-state index contributed by atoms with van der Waals surface area (Å²) in [6.07, 6.45) is 5.50. The first-order valence-corrected chi connectivity index (χ1v) is 12.1. The summed E-state index contributed by atoms with van der Waals surface area (Å²) in [5.41, 5.74) is 1.60.